The van der Waals surface area contributed by atoms with Crippen LogP contribution in [0.25, 0.3) is 0 Å². The van der Waals surface area contributed by atoms with E-state index < -0.39 is 11.5 Å². The third kappa shape index (κ3) is 3.83. The Morgan fingerprint density at radius 1 is 1.25 bits per heavy atom. The van der Waals surface area contributed by atoms with Crippen LogP contribution in [0.5, 0.6) is 0 Å². The molecule has 2 N–H and O–H groups in total. The molecule has 0 aliphatic carbocycles. The highest BCUT2D eigenvalue weighted by atomic mass is 16.4. The zero-order chi connectivity index (χ0) is 15.2. The summed E-state index contributed by atoms with van der Waals surface area (Å²) < 4.78 is 0. The van der Waals surface area contributed by atoms with Gasteiger partial charge in [0.1, 0.15) is 0 Å². The first-order chi connectivity index (χ1) is 9.42. The van der Waals surface area contributed by atoms with Crippen LogP contribution in [-0.4, -0.2) is 17.0 Å². The van der Waals surface area contributed by atoms with E-state index in [2.05, 4.69) is 5.32 Å². The fourth-order valence-corrected chi connectivity index (χ4v) is 2.14. The van der Waals surface area contributed by atoms with Crippen LogP contribution in [-0.2, 0) is 15.1 Å². The molecule has 0 bridgehead atoms. The number of carboxylic acids is 1. The third-order valence-corrected chi connectivity index (χ3v) is 3.46. The van der Waals surface area contributed by atoms with Crippen molar-refractivity contribution in [3.05, 3.63) is 35.9 Å². The number of amides is 1. The molecule has 0 aromatic heterocycles. The molecule has 1 aromatic carbocycles. The molecule has 0 fully saturated rings. The van der Waals surface area contributed by atoms with E-state index >= 15 is 0 Å². The van der Waals surface area contributed by atoms with Gasteiger partial charge in [0.05, 0.1) is 0 Å². The molecule has 1 amide bonds. The number of aliphatic carboxylic acids is 1. The summed E-state index contributed by atoms with van der Waals surface area (Å²) in [5.41, 5.74) is -0.733. The van der Waals surface area contributed by atoms with Gasteiger partial charge in [0, 0.05) is 6.42 Å². The highest BCUT2D eigenvalue weighted by Gasteiger charge is 2.39. The van der Waals surface area contributed by atoms with Crippen molar-refractivity contribution in [2.75, 3.05) is 0 Å². The number of benzene rings is 1. The van der Waals surface area contributed by atoms with Gasteiger partial charge in [-0.3, -0.25) is 4.79 Å². The number of rotatable bonds is 7. The monoisotopic (exact) mass is 277 g/mol. The molecule has 1 atom stereocenters. The number of hydrogen-bond donors (Lipinski definition) is 2. The van der Waals surface area contributed by atoms with Gasteiger partial charge in [-0.05, 0) is 24.3 Å². The smallest absolute Gasteiger partial charge is 0.334 e. The van der Waals surface area contributed by atoms with Crippen molar-refractivity contribution in [3.8, 4) is 0 Å². The Bertz CT molecular complexity index is 456. The second-order valence-corrected chi connectivity index (χ2v) is 5.41. The second kappa shape index (κ2) is 7.08. The molecule has 1 aromatic rings. The minimum atomic E-state index is -1.34. The van der Waals surface area contributed by atoms with Crippen LogP contribution in [0.15, 0.2) is 30.3 Å². The maximum absolute atomic E-state index is 12.0. The Morgan fingerprint density at radius 3 is 2.30 bits per heavy atom. The van der Waals surface area contributed by atoms with Crippen molar-refractivity contribution in [1.82, 2.24) is 5.32 Å². The van der Waals surface area contributed by atoms with Crippen LogP contribution in [0.3, 0.4) is 0 Å². The van der Waals surface area contributed by atoms with Crippen molar-refractivity contribution >= 4 is 11.9 Å². The predicted molar refractivity (Wildman–Crippen MR) is 78.3 cm³/mol. The van der Waals surface area contributed by atoms with E-state index in [9.17, 15) is 14.7 Å². The van der Waals surface area contributed by atoms with Gasteiger partial charge in [-0.25, -0.2) is 4.79 Å². The minimum Gasteiger partial charge on any atom is -0.479 e. The summed E-state index contributed by atoms with van der Waals surface area (Å²) in [5, 5.41) is 12.3. The topological polar surface area (TPSA) is 66.4 Å². The molecule has 0 radical (unpaired) electrons. The lowest BCUT2D eigenvalue weighted by Crippen LogP contribution is -2.51. The summed E-state index contributed by atoms with van der Waals surface area (Å²) in [6.45, 7) is 5.84. The van der Waals surface area contributed by atoms with Crippen LogP contribution in [0.1, 0.15) is 45.6 Å². The minimum absolute atomic E-state index is 0.216. The third-order valence-electron chi connectivity index (χ3n) is 3.46. The largest absolute Gasteiger partial charge is 0.479 e. The van der Waals surface area contributed by atoms with Gasteiger partial charge in [0.25, 0.3) is 0 Å². The van der Waals surface area contributed by atoms with Gasteiger partial charge in [0.2, 0.25) is 5.91 Å². The van der Waals surface area contributed by atoms with Crippen molar-refractivity contribution in [1.29, 1.82) is 0 Å². The van der Waals surface area contributed by atoms with Crippen molar-refractivity contribution in [3.63, 3.8) is 0 Å². The molecular weight excluding hydrogens is 254 g/mol. The number of carboxylic acid groups (broad SMARTS) is 1. The Morgan fingerprint density at radius 2 is 1.85 bits per heavy atom. The average Bonchev–Trinajstić information content (AvgIpc) is 2.43. The molecule has 0 aliphatic heterocycles. The van der Waals surface area contributed by atoms with E-state index in [-0.39, 0.29) is 5.91 Å². The van der Waals surface area contributed by atoms with Gasteiger partial charge in [-0.1, -0.05) is 51.1 Å². The van der Waals surface area contributed by atoms with Gasteiger partial charge in [-0.15, -0.1) is 0 Å². The number of carbonyl (C=O) groups is 2. The van der Waals surface area contributed by atoms with Crippen LogP contribution in [0.4, 0.5) is 0 Å². The zero-order valence-electron chi connectivity index (χ0n) is 12.3. The Kier molecular flexibility index (Phi) is 5.74. The van der Waals surface area contributed by atoms with Crippen molar-refractivity contribution in [2.45, 2.75) is 45.6 Å². The van der Waals surface area contributed by atoms with E-state index in [1.165, 1.54) is 0 Å². The lowest BCUT2D eigenvalue weighted by Gasteiger charge is -2.30. The maximum atomic E-state index is 12.0. The number of carbonyl (C=O) groups excluding carboxylic acids is 1. The molecule has 0 saturated carbocycles. The van der Waals surface area contributed by atoms with E-state index in [1.54, 1.807) is 31.2 Å². The molecule has 110 valence electrons. The molecule has 0 aliphatic rings. The summed E-state index contributed by atoms with van der Waals surface area (Å²) in [6, 6.07) is 8.86. The summed E-state index contributed by atoms with van der Waals surface area (Å²) in [6.07, 6.45) is 1.40. The van der Waals surface area contributed by atoms with Gasteiger partial charge >= 0.3 is 5.97 Å². The average molecular weight is 277 g/mol. The molecule has 0 heterocycles. The fraction of sp³-hybridized carbons (Fsp3) is 0.500. The van der Waals surface area contributed by atoms with Gasteiger partial charge in [0.15, 0.2) is 5.54 Å². The van der Waals surface area contributed by atoms with Crippen LogP contribution in [0, 0.1) is 5.92 Å². The van der Waals surface area contributed by atoms with E-state index in [4.69, 9.17) is 0 Å². The van der Waals surface area contributed by atoms with Crippen molar-refractivity contribution in [2.24, 2.45) is 5.92 Å². The lowest BCUT2D eigenvalue weighted by molar-refractivity contribution is -0.148. The first-order valence-corrected chi connectivity index (χ1v) is 7.02. The Labute approximate surface area is 120 Å². The predicted octanol–water partition coefficient (Wildman–Crippen LogP) is 2.93. The molecule has 0 saturated heterocycles. The van der Waals surface area contributed by atoms with Gasteiger partial charge in [-0.2, -0.15) is 0 Å². The van der Waals surface area contributed by atoms with E-state index in [0.29, 0.717) is 24.3 Å². The second-order valence-electron chi connectivity index (χ2n) is 5.41. The van der Waals surface area contributed by atoms with Gasteiger partial charge < -0.3 is 10.4 Å². The normalized spacial score (nSPS) is 13.8. The maximum Gasteiger partial charge on any atom is 0.334 e. The summed E-state index contributed by atoms with van der Waals surface area (Å²) in [7, 11) is 0. The SMILES string of the molecule is CCC(NC(=O)CCC(C)C)(C(=O)O)c1ccccc1. The van der Waals surface area contributed by atoms with Crippen LogP contribution in [0.2, 0.25) is 0 Å². The molecule has 1 unspecified atom stereocenters. The van der Waals surface area contributed by atoms with Crippen molar-refractivity contribution < 1.29 is 14.7 Å². The van der Waals surface area contributed by atoms with E-state index in [0.717, 1.165) is 6.42 Å². The van der Waals surface area contributed by atoms with E-state index in [1.807, 2.05) is 19.9 Å². The lowest BCUT2D eigenvalue weighted by atomic mass is 9.87. The standard InChI is InChI=1S/C16H23NO3/c1-4-16(15(19)20,13-8-6-5-7-9-13)17-14(18)11-10-12(2)3/h5-9,12H,4,10-11H2,1-3H3,(H,17,18)(H,19,20). The molecule has 20 heavy (non-hydrogen) atoms. The summed E-state index contributed by atoms with van der Waals surface area (Å²) >= 11 is 0. The Hall–Kier alpha value is -1.84. The molecule has 4 nitrogen and oxygen atoms in total. The highest BCUT2D eigenvalue weighted by Crippen LogP contribution is 2.25. The summed E-state index contributed by atoms with van der Waals surface area (Å²) in [5.74, 6) is -0.825. The zero-order valence-corrected chi connectivity index (χ0v) is 12.3. The number of nitrogens with one attached hydrogen (secondary N) is 1. The fourth-order valence-electron chi connectivity index (χ4n) is 2.14. The highest BCUT2D eigenvalue weighted by molar-refractivity contribution is 5.88. The molecular formula is C16H23NO3. The Balaban J connectivity index is 2.96. The summed E-state index contributed by atoms with van der Waals surface area (Å²) in [4.78, 5) is 23.7. The first-order valence-electron chi connectivity index (χ1n) is 7.02. The molecule has 0 spiro atoms. The van der Waals surface area contributed by atoms with Crippen LogP contribution >= 0.6 is 0 Å². The quantitative estimate of drug-likeness (QED) is 0.805. The molecule has 1 rings (SSSR count). The number of hydrogen-bond acceptors (Lipinski definition) is 2. The first kappa shape index (κ1) is 16.2. The van der Waals surface area contributed by atoms with Crippen LogP contribution < -0.4 is 5.32 Å². The molecule has 4 heteroatoms.